The number of benzene rings is 3. The van der Waals surface area contributed by atoms with E-state index in [1.54, 1.807) is 0 Å². The van der Waals surface area contributed by atoms with E-state index in [0.717, 1.165) is 44.4 Å². The van der Waals surface area contributed by atoms with Gasteiger partial charge in [-0.25, -0.2) is 14.8 Å². The van der Waals surface area contributed by atoms with E-state index in [-0.39, 0.29) is 6.03 Å². The van der Waals surface area contributed by atoms with Crippen LogP contribution in [0.5, 0.6) is 0 Å². The van der Waals surface area contributed by atoms with E-state index in [0.29, 0.717) is 5.69 Å². The van der Waals surface area contributed by atoms with E-state index >= 15 is 0 Å². The maximum atomic E-state index is 12.3. The molecule has 0 saturated carbocycles. The first-order valence-electron chi connectivity index (χ1n) is 8.99. The summed E-state index contributed by atoms with van der Waals surface area (Å²) in [7, 11) is 0. The number of fused-ring (bicyclic) bond motifs is 4. The summed E-state index contributed by atoms with van der Waals surface area (Å²) in [6, 6.07) is 20.8. The zero-order valence-electron chi connectivity index (χ0n) is 15.2. The number of rotatable bonds is 2. The molecular formula is C22H17N5O. The largest absolute Gasteiger partial charge is 0.338 e. The van der Waals surface area contributed by atoms with E-state index in [1.165, 1.54) is 0 Å². The lowest BCUT2D eigenvalue weighted by atomic mass is 10.2. The predicted molar refractivity (Wildman–Crippen MR) is 113 cm³/mol. The summed E-state index contributed by atoms with van der Waals surface area (Å²) in [5, 5.41) is 6.63. The number of para-hydroxylation sites is 2. The summed E-state index contributed by atoms with van der Waals surface area (Å²) in [5.41, 5.74) is 6.70. The lowest BCUT2D eigenvalue weighted by molar-refractivity contribution is 0.262. The Morgan fingerprint density at radius 1 is 0.857 bits per heavy atom. The molecular weight excluding hydrogens is 350 g/mol. The third-order valence-electron chi connectivity index (χ3n) is 4.67. The van der Waals surface area contributed by atoms with E-state index in [9.17, 15) is 4.79 Å². The van der Waals surface area contributed by atoms with Crippen molar-refractivity contribution in [2.45, 2.75) is 6.92 Å². The van der Waals surface area contributed by atoms with Gasteiger partial charge in [0.05, 0.1) is 11.0 Å². The molecule has 2 heterocycles. The lowest BCUT2D eigenvalue weighted by Gasteiger charge is -2.08. The summed E-state index contributed by atoms with van der Waals surface area (Å²) in [6.07, 6.45) is 0. The molecule has 0 unspecified atom stereocenters. The Bertz CT molecular complexity index is 1340. The minimum atomic E-state index is -0.292. The second-order valence-corrected chi connectivity index (χ2v) is 6.74. The second kappa shape index (κ2) is 6.35. The van der Waals surface area contributed by atoms with Crippen LogP contribution in [0.15, 0.2) is 66.7 Å². The van der Waals surface area contributed by atoms with Crippen molar-refractivity contribution in [3.63, 3.8) is 0 Å². The number of hydrogen-bond donors (Lipinski definition) is 3. The van der Waals surface area contributed by atoms with Crippen LogP contribution in [-0.4, -0.2) is 21.0 Å². The number of H-pyrrole nitrogens is 1. The molecule has 3 N–H and O–H groups in total. The predicted octanol–water partition coefficient (Wildman–Crippen LogP) is 5.22. The van der Waals surface area contributed by atoms with Crippen molar-refractivity contribution in [2.75, 3.05) is 10.6 Å². The minimum Gasteiger partial charge on any atom is -0.338 e. The van der Waals surface area contributed by atoms with Gasteiger partial charge in [-0.2, -0.15) is 0 Å². The van der Waals surface area contributed by atoms with Crippen LogP contribution >= 0.6 is 0 Å². The highest BCUT2D eigenvalue weighted by atomic mass is 16.2. The number of aryl methyl sites for hydroxylation is 1. The summed E-state index contributed by atoms with van der Waals surface area (Å²) in [6.45, 7) is 2.01. The van der Waals surface area contributed by atoms with Gasteiger partial charge in [0.2, 0.25) is 0 Å². The highest BCUT2D eigenvalue weighted by Crippen LogP contribution is 2.27. The molecule has 5 rings (SSSR count). The Morgan fingerprint density at radius 3 is 2.32 bits per heavy atom. The monoisotopic (exact) mass is 367 g/mol. The quantitative estimate of drug-likeness (QED) is 0.400. The van der Waals surface area contributed by atoms with Gasteiger partial charge in [0, 0.05) is 22.3 Å². The molecule has 0 aliphatic carbocycles. The molecule has 0 fully saturated rings. The van der Waals surface area contributed by atoms with Gasteiger partial charge in [-0.05, 0) is 49.4 Å². The zero-order valence-corrected chi connectivity index (χ0v) is 15.2. The van der Waals surface area contributed by atoms with Crippen LogP contribution in [0.4, 0.5) is 16.2 Å². The fraction of sp³-hybridized carbons (Fsp3) is 0.0455. The standard InChI is InChI=1S/C22H17N5O/c1-13-6-8-14(9-7-13)23-22(28)24-15-10-11-17-16(12-15)20-21(26-17)27-19-5-3-2-4-18(19)25-20/h2-12H,1H3,(H,26,27)(H2,23,24,28). The Morgan fingerprint density at radius 2 is 1.54 bits per heavy atom. The fourth-order valence-corrected chi connectivity index (χ4v) is 3.26. The van der Waals surface area contributed by atoms with Gasteiger partial charge in [0.15, 0.2) is 5.65 Å². The lowest BCUT2D eigenvalue weighted by Crippen LogP contribution is -2.19. The summed E-state index contributed by atoms with van der Waals surface area (Å²) >= 11 is 0. The molecule has 0 spiro atoms. The van der Waals surface area contributed by atoms with Crippen LogP contribution in [0, 0.1) is 6.92 Å². The van der Waals surface area contributed by atoms with E-state index in [1.807, 2.05) is 73.7 Å². The number of amides is 2. The summed E-state index contributed by atoms with van der Waals surface area (Å²) in [4.78, 5) is 25.0. The molecule has 0 radical (unpaired) electrons. The highest BCUT2D eigenvalue weighted by Gasteiger charge is 2.10. The summed E-state index contributed by atoms with van der Waals surface area (Å²) < 4.78 is 0. The van der Waals surface area contributed by atoms with Crippen LogP contribution in [0.25, 0.3) is 33.1 Å². The van der Waals surface area contributed by atoms with Gasteiger partial charge in [0.1, 0.15) is 5.52 Å². The number of anilines is 2. The molecule has 0 saturated heterocycles. The van der Waals surface area contributed by atoms with Crippen molar-refractivity contribution < 1.29 is 4.79 Å². The number of hydrogen-bond acceptors (Lipinski definition) is 3. The Hall–Kier alpha value is -3.93. The molecule has 136 valence electrons. The summed E-state index contributed by atoms with van der Waals surface area (Å²) in [5.74, 6) is 0. The van der Waals surface area contributed by atoms with Gasteiger partial charge in [-0.15, -0.1) is 0 Å². The van der Waals surface area contributed by atoms with Gasteiger partial charge >= 0.3 is 6.03 Å². The maximum absolute atomic E-state index is 12.3. The molecule has 0 bridgehead atoms. The number of aromatic amines is 1. The SMILES string of the molecule is Cc1ccc(NC(=O)Nc2ccc3[nH]c4nc5ccccc5nc4c3c2)cc1. The van der Waals surface area contributed by atoms with Crippen molar-refractivity contribution in [2.24, 2.45) is 0 Å². The first kappa shape index (κ1) is 16.3. The zero-order chi connectivity index (χ0) is 19.1. The number of aromatic nitrogens is 3. The molecule has 2 amide bonds. The average molecular weight is 367 g/mol. The molecule has 6 heteroatoms. The van der Waals surface area contributed by atoms with Crippen LogP contribution in [0.2, 0.25) is 0 Å². The van der Waals surface area contributed by atoms with Crippen LogP contribution in [-0.2, 0) is 0 Å². The minimum absolute atomic E-state index is 0.292. The van der Waals surface area contributed by atoms with E-state index in [4.69, 9.17) is 4.98 Å². The molecule has 0 aliphatic rings. The third kappa shape index (κ3) is 2.91. The van der Waals surface area contributed by atoms with Crippen molar-refractivity contribution in [1.29, 1.82) is 0 Å². The number of carbonyl (C=O) groups is 1. The van der Waals surface area contributed by atoms with Crippen LogP contribution < -0.4 is 10.6 Å². The van der Waals surface area contributed by atoms with Gasteiger partial charge in [0.25, 0.3) is 0 Å². The smallest absolute Gasteiger partial charge is 0.323 e. The van der Waals surface area contributed by atoms with E-state index in [2.05, 4.69) is 20.6 Å². The topological polar surface area (TPSA) is 82.7 Å². The number of nitrogens with one attached hydrogen (secondary N) is 3. The Labute approximate surface area is 160 Å². The van der Waals surface area contributed by atoms with E-state index < -0.39 is 0 Å². The van der Waals surface area contributed by atoms with Gasteiger partial charge < -0.3 is 15.6 Å². The van der Waals surface area contributed by atoms with Gasteiger partial charge in [-0.3, -0.25) is 0 Å². The fourth-order valence-electron chi connectivity index (χ4n) is 3.26. The molecule has 5 aromatic rings. The highest BCUT2D eigenvalue weighted by molar-refractivity contribution is 6.08. The molecule has 0 atom stereocenters. The third-order valence-corrected chi connectivity index (χ3v) is 4.67. The normalized spacial score (nSPS) is 11.2. The maximum Gasteiger partial charge on any atom is 0.323 e. The Kier molecular flexibility index (Phi) is 3.69. The van der Waals surface area contributed by atoms with Crippen LogP contribution in [0.1, 0.15) is 5.56 Å². The first-order chi connectivity index (χ1) is 13.7. The van der Waals surface area contributed by atoms with Crippen molar-refractivity contribution >= 4 is 50.5 Å². The van der Waals surface area contributed by atoms with Crippen molar-refractivity contribution in [3.05, 3.63) is 72.3 Å². The average Bonchev–Trinajstić information content (AvgIpc) is 3.05. The molecule has 28 heavy (non-hydrogen) atoms. The van der Waals surface area contributed by atoms with Crippen LogP contribution in [0.3, 0.4) is 0 Å². The Balaban J connectivity index is 1.48. The number of urea groups is 1. The van der Waals surface area contributed by atoms with Gasteiger partial charge in [-0.1, -0.05) is 29.8 Å². The molecule has 0 aliphatic heterocycles. The molecule has 2 aromatic heterocycles. The molecule has 3 aromatic carbocycles. The number of nitrogens with zero attached hydrogens (tertiary/aromatic N) is 2. The second-order valence-electron chi connectivity index (χ2n) is 6.74. The first-order valence-corrected chi connectivity index (χ1v) is 8.99. The van der Waals surface area contributed by atoms with Crippen molar-refractivity contribution in [1.82, 2.24) is 15.0 Å². The van der Waals surface area contributed by atoms with Crippen molar-refractivity contribution in [3.8, 4) is 0 Å². The number of carbonyl (C=O) groups excluding carboxylic acids is 1. The molecule has 6 nitrogen and oxygen atoms in total.